The van der Waals surface area contributed by atoms with Crippen LogP contribution in [0.25, 0.3) is 11.3 Å². The van der Waals surface area contributed by atoms with Gasteiger partial charge in [-0.25, -0.2) is 14.2 Å². The fourth-order valence-electron chi connectivity index (χ4n) is 3.03. The van der Waals surface area contributed by atoms with Gasteiger partial charge in [-0.2, -0.15) is 0 Å². The molecule has 0 saturated heterocycles. The Morgan fingerprint density at radius 2 is 1.84 bits per heavy atom. The number of benzene rings is 1. The summed E-state index contributed by atoms with van der Waals surface area (Å²) in [6.45, 7) is 5.42. The number of pyridine rings is 1. The zero-order valence-electron chi connectivity index (χ0n) is 17.6. The summed E-state index contributed by atoms with van der Waals surface area (Å²) in [5, 5.41) is 1.84. The van der Waals surface area contributed by atoms with Crippen LogP contribution in [0.1, 0.15) is 48.0 Å². The van der Waals surface area contributed by atoms with Crippen molar-refractivity contribution in [3.63, 3.8) is 0 Å². The molecule has 0 unspecified atom stereocenters. The van der Waals surface area contributed by atoms with E-state index in [1.807, 2.05) is 44.4 Å². The largest absolute Gasteiger partial charge is 0.456 e. The van der Waals surface area contributed by atoms with Crippen LogP contribution < -0.4 is 0 Å². The molecule has 0 N–H and O–H groups in total. The minimum absolute atomic E-state index is 0.00438. The average Bonchev–Trinajstić information content (AvgIpc) is 3.10. The summed E-state index contributed by atoms with van der Waals surface area (Å²) in [6.07, 6.45) is 0.961. The minimum Gasteiger partial charge on any atom is -0.456 e. The minimum atomic E-state index is -0.662. The summed E-state index contributed by atoms with van der Waals surface area (Å²) in [6, 6.07) is 11.6. The van der Waals surface area contributed by atoms with Gasteiger partial charge < -0.3 is 4.74 Å². The fourth-order valence-corrected chi connectivity index (χ4v) is 4.43. The van der Waals surface area contributed by atoms with E-state index in [9.17, 15) is 14.0 Å². The van der Waals surface area contributed by atoms with Crippen LogP contribution in [0.3, 0.4) is 0 Å². The van der Waals surface area contributed by atoms with Crippen molar-refractivity contribution in [1.29, 1.82) is 0 Å². The van der Waals surface area contributed by atoms with Crippen LogP contribution in [-0.4, -0.2) is 22.3 Å². The maximum atomic E-state index is 13.1. The van der Waals surface area contributed by atoms with E-state index >= 15 is 0 Å². The van der Waals surface area contributed by atoms with E-state index in [-0.39, 0.29) is 18.0 Å². The van der Waals surface area contributed by atoms with Crippen molar-refractivity contribution in [2.24, 2.45) is 0 Å². The van der Waals surface area contributed by atoms with Gasteiger partial charge in [0.25, 0.3) is 0 Å². The Balaban J connectivity index is 1.84. The van der Waals surface area contributed by atoms with Crippen LogP contribution in [0.15, 0.2) is 52.4 Å². The summed E-state index contributed by atoms with van der Waals surface area (Å²) < 4.78 is 19.3. The Morgan fingerprint density at radius 3 is 2.48 bits per heavy atom. The van der Waals surface area contributed by atoms with E-state index < -0.39 is 11.6 Å². The average molecular weight is 504 g/mol. The number of rotatable bonds is 7. The van der Waals surface area contributed by atoms with Gasteiger partial charge >= 0.3 is 5.97 Å². The number of nitrogens with zero attached hydrogens (tertiary/aromatic N) is 1. The lowest BCUT2D eigenvalue weighted by Gasteiger charge is -2.20. The molecule has 0 radical (unpaired) electrons. The van der Waals surface area contributed by atoms with Gasteiger partial charge in [0.1, 0.15) is 21.8 Å². The van der Waals surface area contributed by atoms with Crippen molar-refractivity contribution in [2.75, 3.05) is 0 Å². The number of aryl methyl sites for hydroxylation is 1. The summed E-state index contributed by atoms with van der Waals surface area (Å²) in [5.74, 6) is -0.763. The van der Waals surface area contributed by atoms with Crippen molar-refractivity contribution in [3.05, 3.63) is 74.3 Å². The predicted molar refractivity (Wildman–Crippen MR) is 124 cm³/mol. The van der Waals surface area contributed by atoms with Gasteiger partial charge in [0, 0.05) is 28.7 Å². The monoisotopic (exact) mass is 503 g/mol. The summed E-state index contributed by atoms with van der Waals surface area (Å²) >= 11 is 4.72. The summed E-state index contributed by atoms with van der Waals surface area (Å²) in [5.41, 5.74) is 1.91. The number of hydrogen-bond donors (Lipinski definition) is 0. The second-order valence-corrected chi connectivity index (χ2v) is 9.91. The first-order chi connectivity index (χ1) is 14.6. The molecule has 3 aromatic rings. The third-order valence-corrected chi connectivity index (χ3v) is 5.85. The molecule has 2 heterocycles. The number of halogens is 2. The maximum Gasteiger partial charge on any atom is 0.340 e. The molecule has 7 heteroatoms. The Kier molecular flexibility index (Phi) is 7.38. The molecule has 0 fully saturated rings. The van der Waals surface area contributed by atoms with Crippen molar-refractivity contribution < 1.29 is 18.7 Å². The Morgan fingerprint density at radius 1 is 1.13 bits per heavy atom. The first-order valence-corrected chi connectivity index (χ1v) is 11.5. The second kappa shape index (κ2) is 9.83. The standard InChI is InChI=1S/C24H23BrFNO3S/c1-24(2,3)30-23(29)22-18(19-5-4-6-21(25)27-19)14-31-20(22)13-17(28)12-9-15-7-10-16(26)11-8-15/h4-8,10-11,14H,9,12-13H2,1-3H3. The van der Waals surface area contributed by atoms with Crippen LogP contribution in [0, 0.1) is 5.82 Å². The number of carbonyl (C=O) groups is 2. The van der Waals surface area contributed by atoms with Gasteiger partial charge in [0.15, 0.2) is 0 Å². The third kappa shape index (κ3) is 6.55. The lowest BCUT2D eigenvalue weighted by Crippen LogP contribution is -2.24. The van der Waals surface area contributed by atoms with Crippen molar-refractivity contribution in [3.8, 4) is 11.3 Å². The summed E-state index contributed by atoms with van der Waals surface area (Å²) in [7, 11) is 0. The van der Waals surface area contributed by atoms with Crippen LogP contribution in [0.2, 0.25) is 0 Å². The second-order valence-electron chi connectivity index (χ2n) is 8.14. The highest BCUT2D eigenvalue weighted by molar-refractivity contribution is 9.10. The number of hydrogen-bond acceptors (Lipinski definition) is 5. The number of thiophene rings is 1. The van der Waals surface area contributed by atoms with Crippen LogP contribution in [0.4, 0.5) is 4.39 Å². The summed E-state index contributed by atoms with van der Waals surface area (Å²) in [4.78, 5) is 30.8. The molecular weight excluding hydrogens is 481 g/mol. The van der Waals surface area contributed by atoms with E-state index in [1.165, 1.54) is 23.5 Å². The molecule has 0 saturated carbocycles. The molecule has 0 bridgehead atoms. The van der Waals surface area contributed by atoms with E-state index in [4.69, 9.17) is 4.74 Å². The Labute approximate surface area is 193 Å². The number of Topliss-reactive ketones (excluding diaryl/α,β-unsaturated/α-hetero) is 1. The Bertz CT molecular complexity index is 1090. The molecule has 2 aromatic heterocycles. The first-order valence-electron chi connectivity index (χ1n) is 9.85. The molecule has 0 aliphatic rings. The van der Waals surface area contributed by atoms with Crippen molar-refractivity contribution in [1.82, 2.24) is 4.98 Å². The number of ketones is 1. The SMILES string of the molecule is CC(C)(C)OC(=O)c1c(-c2cccc(Br)n2)csc1CC(=O)CCc1ccc(F)cc1. The third-order valence-electron chi connectivity index (χ3n) is 4.42. The van der Waals surface area contributed by atoms with E-state index in [0.29, 0.717) is 39.1 Å². The van der Waals surface area contributed by atoms with Gasteiger partial charge in [-0.1, -0.05) is 18.2 Å². The molecule has 0 aliphatic carbocycles. The highest BCUT2D eigenvalue weighted by Gasteiger charge is 2.27. The highest BCUT2D eigenvalue weighted by Crippen LogP contribution is 2.33. The highest BCUT2D eigenvalue weighted by atomic mass is 79.9. The number of esters is 1. The predicted octanol–water partition coefficient (Wildman–Crippen LogP) is 6.41. The van der Waals surface area contributed by atoms with Crippen LogP contribution >= 0.6 is 27.3 Å². The molecule has 4 nitrogen and oxygen atoms in total. The molecule has 31 heavy (non-hydrogen) atoms. The van der Waals surface area contributed by atoms with Gasteiger partial charge in [-0.15, -0.1) is 11.3 Å². The number of aromatic nitrogens is 1. The first kappa shape index (κ1) is 23.3. The lowest BCUT2D eigenvalue weighted by molar-refractivity contribution is -0.118. The van der Waals surface area contributed by atoms with Crippen molar-refractivity contribution in [2.45, 2.75) is 45.6 Å². The quantitative estimate of drug-likeness (QED) is 0.276. The van der Waals surface area contributed by atoms with E-state index in [0.717, 1.165) is 5.56 Å². The smallest absolute Gasteiger partial charge is 0.340 e. The molecule has 162 valence electrons. The van der Waals surface area contributed by atoms with Gasteiger partial charge in [0.05, 0.1) is 11.3 Å². The van der Waals surface area contributed by atoms with Gasteiger partial charge in [0.2, 0.25) is 0 Å². The molecule has 0 aliphatic heterocycles. The molecule has 0 atom stereocenters. The zero-order chi connectivity index (χ0) is 22.6. The number of ether oxygens (including phenoxy) is 1. The molecule has 1 aromatic carbocycles. The van der Waals surface area contributed by atoms with Crippen LogP contribution in [-0.2, 0) is 22.4 Å². The molecule has 3 rings (SSSR count). The normalized spacial score (nSPS) is 11.4. The maximum absolute atomic E-state index is 13.1. The van der Waals surface area contributed by atoms with E-state index in [2.05, 4.69) is 20.9 Å². The lowest BCUT2D eigenvalue weighted by atomic mass is 10.0. The zero-order valence-corrected chi connectivity index (χ0v) is 20.0. The number of carbonyl (C=O) groups excluding carboxylic acids is 2. The fraction of sp³-hybridized carbons (Fsp3) is 0.292. The van der Waals surface area contributed by atoms with Gasteiger partial charge in [-0.3, -0.25) is 4.79 Å². The molecule has 0 amide bonds. The van der Waals surface area contributed by atoms with Crippen molar-refractivity contribution >= 4 is 39.0 Å². The molecular formula is C24H23BrFNO3S. The van der Waals surface area contributed by atoms with E-state index in [1.54, 1.807) is 12.1 Å². The van der Waals surface area contributed by atoms with Gasteiger partial charge in [-0.05, 0) is 73.0 Å². The topological polar surface area (TPSA) is 56.3 Å². The van der Waals surface area contributed by atoms with Crippen LogP contribution in [0.5, 0.6) is 0 Å². The Hall–Kier alpha value is -2.38. The molecule has 0 spiro atoms.